The minimum absolute atomic E-state index is 0.161. The van der Waals surface area contributed by atoms with Crippen LogP contribution in [0.4, 0.5) is 0 Å². The smallest absolute Gasteiger partial charge is 0.257 e. The fourth-order valence-corrected chi connectivity index (χ4v) is 6.09. The van der Waals surface area contributed by atoms with Crippen molar-refractivity contribution < 1.29 is 4.79 Å². The molecule has 160 valence electrons. The molecule has 0 aromatic carbocycles. The Morgan fingerprint density at radius 1 is 1.00 bits per heavy atom. The summed E-state index contributed by atoms with van der Waals surface area (Å²) in [5, 5.41) is 0. The standard InChI is InChI=1S/C24H43N3O/c1-3-4-6-12-20-13-9-14-21(17-20)18-24(22(28)27(2)23(25)26-24)16-15-19-10-7-5-8-11-19/h19-21H,3-18H2,1-2H3,(H2,25,26)/t20?,21?,24-/m1/s1. The van der Waals surface area contributed by atoms with Gasteiger partial charge in [0, 0.05) is 7.05 Å². The summed E-state index contributed by atoms with van der Waals surface area (Å²) in [6.45, 7) is 2.28. The molecule has 0 radical (unpaired) electrons. The highest BCUT2D eigenvalue weighted by Crippen LogP contribution is 2.42. The Hall–Kier alpha value is -1.06. The normalized spacial score (nSPS) is 32.0. The van der Waals surface area contributed by atoms with Gasteiger partial charge in [0.1, 0.15) is 5.54 Å². The zero-order chi connectivity index (χ0) is 20.0. The number of hydrogen-bond acceptors (Lipinski definition) is 3. The summed E-state index contributed by atoms with van der Waals surface area (Å²) in [5.41, 5.74) is 5.56. The summed E-state index contributed by atoms with van der Waals surface area (Å²) >= 11 is 0. The molecule has 0 aromatic heterocycles. The average Bonchev–Trinajstić information content (AvgIpc) is 2.92. The molecule has 1 heterocycles. The Balaban J connectivity index is 1.63. The summed E-state index contributed by atoms with van der Waals surface area (Å²) < 4.78 is 0. The van der Waals surface area contributed by atoms with Gasteiger partial charge in [-0.2, -0.15) is 0 Å². The van der Waals surface area contributed by atoms with Crippen molar-refractivity contribution in [1.82, 2.24) is 4.90 Å². The second-order valence-electron chi connectivity index (χ2n) is 10.0. The lowest BCUT2D eigenvalue weighted by Gasteiger charge is -2.35. The van der Waals surface area contributed by atoms with Crippen LogP contribution in [0.25, 0.3) is 0 Å². The monoisotopic (exact) mass is 389 g/mol. The maximum absolute atomic E-state index is 13.2. The van der Waals surface area contributed by atoms with Gasteiger partial charge in [-0.15, -0.1) is 0 Å². The third-order valence-electron chi connectivity index (χ3n) is 7.80. The van der Waals surface area contributed by atoms with Crippen molar-refractivity contribution in [2.24, 2.45) is 28.5 Å². The molecule has 3 rings (SSSR count). The average molecular weight is 390 g/mol. The number of guanidine groups is 1. The van der Waals surface area contributed by atoms with Crippen LogP contribution in [0.5, 0.6) is 0 Å². The number of hydrogen-bond donors (Lipinski definition) is 1. The van der Waals surface area contributed by atoms with Gasteiger partial charge in [-0.25, -0.2) is 4.99 Å². The summed E-state index contributed by atoms with van der Waals surface area (Å²) in [6.07, 6.45) is 20.4. The molecule has 1 aliphatic heterocycles. The number of likely N-dealkylation sites (N-methyl/N-ethyl adjacent to an activating group) is 1. The third-order valence-corrected chi connectivity index (χ3v) is 7.80. The van der Waals surface area contributed by atoms with E-state index in [9.17, 15) is 4.79 Å². The van der Waals surface area contributed by atoms with Crippen molar-refractivity contribution in [3.8, 4) is 0 Å². The highest BCUT2D eigenvalue weighted by molar-refractivity contribution is 6.06. The molecule has 4 nitrogen and oxygen atoms in total. The van der Waals surface area contributed by atoms with Crippen molar-refractivity contribution >= 4 is 11.9 Å². The molecule has 0 bridgehead atoms. The molecule has 1 amide bonds. The number of nitrogens with two attached hydrogens (primary N) is 1. The molecule has 28 heavy (non-hydrogen) atoms. The van der Waals surface area contributed by atoms with Crippen LogP contribution >= 0.6 is 0 Å². The van der Waals surface area contributed by atoms with Crippen LogP contribution in [0, 0.1) is 17.8 Å². The van der Waals surface area contributed by atoms with Gasteiger partial charge >= 0.3 is 0 Å². The van der Waals surface area contributed by atoms with Crippen LogP contribution in [0.3, 0.4) is 0 Å². The van der Waals surface area contributed by atoms with Gasteiger partial charge in [-0.3, -0.25) is 9.69 Å². The van der Waals surface area contributed by atoms with E-state index < -0.39 is 5.54 Å². The van der Waals surface area contributed by atoms with E-state index >= 15 is 0 Å². The number of aliphatic imine (C=N–C) groups is 1. The van der Waals surface area contributed by atoms with Crippen molar-refractivity contribution in [2.75, 3.05) is 7.05 Å². The van der Waals surface area contributed by atoms with E-state index in [0.717, 1.165) is 31.1 Å². The van der Waals surface area contributed by atoms with Gasteiger partial charge in [0.05, 0.1) is 0 Å². The molecule has 3 atom stereocenters. The third kappa shape index (κ3) is 5.30. The molecule has 2 fully saturated rings. The predicted octanol–water partition coefficient (Wildman–Crippen LogP) is 5.65. The molecule has 2 N–H and O–H groups in total. The molecule has 0 saturated heterocycles. The Morgan fingerprint density at radius 3 is 2.39 bits per heavy atom. The van der Waals surface area contributed by atoms with Gasteiger partial charge in [0.15, 0.2) is 5.96 Å². The van der Waals surface area contributed by atoms with Crippen molar-refractivity contribution in [2.45, 2.75) is 115 Å². The van der Waals surface area contributed by atoms with Crippen LogP contribution in [-0.2, 0) is 4.79 Å². The number of rotatable bonds is 9. The molecular formula is C24H43N3O. The molecule has 4 heteroatoms. The number of unbranched alkanes of at least 4 members (excludes halogenated alkanes) is 2. The van der Waals surface area contributed by atoms with Crippen molar-refractivity contribution in [3.05, 3.63) is 0 Å². The van der Waals surface area contributed by atoms with E-state index in [1.807, 2.05) is 0 Å². The maximum Gasteiger partial charge on any atom is 0.257 e. The van der Waals surface area contributed by atoms with Crippen LogP contribution in [0.15, 0.2) is 4.99 Å². The Labute approximate surface area is 172 Å². The summed E-state index contributed by atoms with van der Waals surface area (Å²) in [4.78, 5) is 19.7. The van der Waals surface area contributed by atoms with Gasteiger partial charge < -0.3 is 5.73 Å². The topological polar surface area (TPSA) is 58.7 Å². The molecule has 0 aromatic rings. The predicted molar refractivity (Wildman–Crippen MR) is 117 cm³/mol. The number of amides is 1. The summed E-state index contributed by atoms with van der Waals surface area (Å²) in [5.74, 6) is 2.88. The largest absolute Gasteiger partial charge is 0.369 e. The number of carbonyl (C=O) groups is 1. The zero-order valence-electron chi connectivity index (χ0n) is 18.4. The van der Waals surface area contributed by atoms with E-state index in [1.165, 1.54) is 83.5 Å². The van der Waals surface area contributed by atoms with E-state index in [2.05, 4.69) is 6.92 Å². The fraction of sp³-hybridized carbons (Fsp3) is 0.917. The molecule has 3 aliphatic rings. The maximum atomic E-state index is 13.2. The highest BCUT2D eigenvalue weighted by atomic mass is 16.2. The zero-order valence-corrected chi connectivity index (χ0v) is 18.4. The SMILES string of the molecule is CCCCCC1CCCC(C[C@@]2(CCC3CCCCC3)N=C(N)N(C)C2=O)C1. The molecule has 2 aliphatic carbocycles. The van der Waals surface area contributed by atoms with Crippen molar-refractivity contribution in [1.29, 1.82) is 0 Å². The van der Waals surface area contributed by atoms with E-state index in [-0.39, 0.29) is 5.91 Å². The Kier molecular flexibility index (Phi) is 7.82. The molecular weight excluding hydrogens is 346 g/mol. The molecule has 2 saturated carbocycles. The van der Waals surface area contributed by atoms with E-state index in [0.29, 0.717) is 11.9 Å². The van der Waals surface area contributed by atoms with Gasteiger partial charge in [-0.1, -0.05) is 84.0 Å². The Morgan fingerprint density at radius 2 is 1.71 bits per heavy atom. The minimum atomic E-state index is -0.563. The first-order valence-electron chi connectivity index (χ1n) is 12.2. The lowest BCUT2D eigenvalue weighted by Crippen LogP contribution is -2.44. The van der Waals surface area contributed by atoms with Crippen molar-refractivity contribution in [3.63, 3.8) is 0 Å². The fourth-order valence-electron chi connectivity index (χ4n) is 6.09. The Bertz CT molecular complexity index is 540. The highest BCUT2D eigenvalue weighted by Gasteiger charge is 2.47. The molecule has 2 unspecified atom stereocenters. The van der Waals surface area contributed by atoms with Crippen LogP contribution in [-0.4, -0.2) is 29.4 Å². The van der Waals surface area contributed by atoms with Gasteiger partial charge in [0.2, 0.25) is 0 Å². The lowest BCUT2D eigenvalue weighted by atomic mass is 9.72. The first-order valence-corrected chi connectivity index (χ1v) is 12.2. The summed E-state index contributed by atoms with van der Waals surface area (Å²) in [6, 6.07) is 0. The second-order valence-corrected chi connectivity index (χ2v) is 10.0. The first kappa shape index (κ1) is 21.6. The quantitative estimate of drug-likeness (QED) is 0.518. The minimum Gasteiger partial charge on any atom is -0.369 e. The first-order chi connectivity index (χ1) is 13.5. The van der Waals surface area contributed by atoms with Gasteiger partial charge in [-0.05, 0) is 43.4 Å². The van der Waals surface area contributed by atoms with Crippen LogP contribution in [0.1, 0.15) is 110 Å². The number of nitrogens with zero attached hydrogens (tertiary/aromatic N) is 2. The summed E-state index contributed by atoms with van der Waals surface area (Å²) in [7, 11) is 1.80. The lowest BCUT2D eigenvalue weighted by molar-refractivity contribution is -0.131. The molecule has 0 spiro atoms. The number of carbonyl (C=O) groups excluding carboxylic acids is 1. The van der Waals surface area contributed by atoms with E-state index in [4.69, 9.17) is 10.7 Å². The van der Waals surface area contributed by atoms with Crippen LogP contribution < -0.4 is 5.73 Å². The van der Waals surface area contributed by atoms with Gasteiger partial charge in [0.25, 0.3) is 5.91 Å². The van der Waals surface area contributed by atoms with E-state index in [1.54, 1.807) is 11.9 Å². The van der Waals surface area contributed by atoms with Crippen LogP contribution in [0.2, 0.25) is 0 Å². The second kappa shape index (κ2) is 10.1.